The predicted octanol–water partition coefficient (Wildman–Crippen LogP) is 2.36. The summed E-state index contributed by atoms with van der Waals surface area (Å²) in [4.78, 5) is 0. The van der Waals surface area contributed by atoms with Crippen molar-refractivity contribution < 1.29 is 9.52 Å². The summed E-state index contributed by atoms with van der Waals surface area (Å²) in [6.45, 7) is 0.244. The number of hydrogen-bond acceptors (Lipinski definition) is 2. The van der Waals surface area contributed by atoms with E-state index < -0.39 is 0 Å². The molecule has 1 heterocycles. The summed E-state index contributed by atoms with van der Waals surface area (Å²) < 4.78 is 5.28. The van der Waals surface area contributed by atoms with Gasteiger partial charge in [0.15, 0.2) is 0 Å². The van der Waals surface area contributed by atoms with Gasteiger partial charge in [-0.1, -0.05) is 12.1 Å². The van der Waals surface area contributed by atoms with E-state index in [0.717, 1.165) is 23.8 Å². The molecule has 0 aliphatic heterocycles. The van der Waals surface area contributed by atoms with Crippen molar-refractivity contribution in [3.63, 3.8) is 0 Å². The Morgan fingerprint density at radius 3 is 3.00 bits per heavy atom. The maximum atomic E-state index is 8.73. The molecule has 0 aliphatic rings. The fourth-order valence-corrected chi connectivity index (χ4v) is 1.54. The molecule has 2 aromatic rings. The third kappa shape index (κ3) is 1.58. The molecule has 13 heavy (non-hydrogen) atoms. The van der Waals surface area contributed by atoms with E-state index in [1.807, 2.05) is 18.2 Å². The van der Waals surface area contributed by atoms with Crippen LogP contribution in [0.4, 0.5) is 0 Å². The average Bonchev–Trinajstić information content (AvgIpc) is 2.62. The summed E-state index contributed by atoms with van der Waals surface area (Å²) in [7, 11) is 0. The van der Waals surface area contributed by atoms with Crippen LogP contribution in [0.15, 0.2) is 34.9 Å². The number of benzene rings is 1. The highest BCUT2D eigenvalue weighted by molar-refractivity contribution is 5.80. The summed E-state index contributed by atoms with van der Waals surface area (Å²) >= 11 is 0. The van der Waals surface area contributed by atoms with Gasteiger partial charge in [0.05, 0.1) is 6.26 Å². The van der Waals surface area contributed by atoms with E-state index in [4.69, 9.17) is 9.52 Å². The zero-order valence-electron chi connectivity index (χ0n) is 7.36. The number of rotatable bonds is 3. The van der Waals surface area contributed by atoms with Gasteiger partial charge < -0.3 is 9.52 Å². The zero-order valence-corrected chi connectivity index (χ0v) is 7.36. The summed E-state index contributed by atoms with van der Waals surface area (Å²) in [5.41, 5.74) is 2.18. The van der Waals surface area contributed by atoms with E-state index in [1.165, 1.54) is 5.56 Å². The first kappa shape index (κ1) is 8.32. The van der Waals surface area contributed by atoms with Crippen molar-refractivity contribution in [3.8, 4) is 0 Å². The largest absolute Gasteiger partial charge is 0.464 e. The highest BCUT2D eigenvalue weighted by Crippen LogP contribution is 2.20. The van der Waals surface area contributed by atoms with E-state index >= 15 is 0 Å². The van der Waals surface area contributed by atoms with E-state index in [-0.39, 0.29) is 6.61 Å². The molecule has 0 unspecified atom stereocenters. The van der Waals surface area contributed by atoms with Crippen LogP contribution in [-0.4, -0.2) is 11.7 Å². The molecule has 0 atom stereocenters. The molecule has 2 nitrogen and oxygen atoms in total. The Hall–Kier alpha value is -1.28. The van der Waals surface area contributed by atoms with Gasteiger partial charge >= 0.3 is 0 Å². The highest BCUT2D eigenvalue weighted by atomic mass is 16.3. The molecule has 0 fully saturated rings. The molecule has 2 heteroatoms. The normalized spacial score (nSPS) is 10.8. The van der Waals surface area contributed by atoms with Gasteiger partial charge in [-0.25, -0.2) is 0 Å². The Morgan fingerprint density at radius 2 is 2.15 bits per heavy atom. The second-order valence-electron chi connectivity index (χ2n) is 3.08. The van der Waals surface area contributed by atoms with Gasteiger partial charge in [0, 0.05) is 12.0 Å². The Balaban J connectivity index is 2.37. The van der Waals surface area contributed by atoms with Crippen LogP contribution in [-0.2, 0) is 6.42 Å². The lowest BCUT2D eigenvalue weighted by Gasteiger charge is -1.99. The molecule has 0 saturated heterocycles. The van der Waals surface area contributed by atoms with Crippen LogP contribution in [0.25, 0.3) is 11.0 Å². The lowest BCUT2D eigenvalue weighted by atomic mass is 10.1. The van der Waals surface area contributed by atoms with Gasteiger partial charge in [0.1, 0.15) is 5.58 Å². The number of hydrogen-bond donors (Lipinski definition) is 1. The number of aliphatic hydroxyl groups excluding tert-OH is 1. The Kier molecular flexibility index (Phi) is 2.32. The maximum Gasteiger partial charge on any atom is 0.134 e. The summed E-state index contributed by atoms with van der Waals surface area (Å²) in [6.07, 6.45) is 3.42. The average molecular weight is 176 g/mol. The summed E-state index contributed by atoms with van der Waals surface area (Å²) in [5, 5.41) is 9.89. The van der Waals surface area contributed by atoms with Gasteiger partial charge in [-0.2, -0.15) is 0 Å². The van der Waals surface area contributed by atoms with Crippen LogP contribution >= 0.6 is 0 Å². The standard InChI is InChI=1S/C11H12O2/c12-7-2-4-9-3-1-5-11-10(9)6-8-13-11/h1,3,5-6,8,12H,2,4,7H2. The first-order valence-corrected chi connectivity index (χ1v) is 4.48. The van der Waals surface area contributed by atoms with Crippen molar-refractivity contribution in [1.29, 1.82) is 0 Å². The number of aryl methyl sites for hydroxylation is 1. The lowest BCUT2D eigenvalue weighted by Crippen LogP contribution is -1.89. The molecule has 68 valence electrons. The van der Waals surface area contributed by atoms with Gasteiger partial charge in [0.2, 0.25) is 0 Å². The molecular weight excluding hydrogens is 164 g/mol. The maximum absolute atomic E-state index is 8.73. The quantitative estimate of drug-likeness (QED) is 0.778. The summed E-state index contributed by atoms with van der Waals surface area (Å²) in [5.74, 6) is 0. The molecule has 0 saturated carbocycles. The number of fused-ring (bicyclic) bond motifs is 1. The Labute approximate surface area is 76.8 Å². The van der Waals surface area contributed by atoms with Crippen LogP contribution < -0.4 is 0 Å². The topological polar surface area (TPSA) is 33.4 Å². The minimum absolute atomic E-state index is 0.244. The molecular formula is C11H12O2. The molecule has 1 aromatic heterocycles. The molecule has 0 spiro atoms. The van der Waals surface area contributed by atoms with Crippen molar-refractivity contribution in [1.82, 2.24) is 0 Å². The van der Waals surface area contributed by atoms with Crippen LogP contribution in [0.5, 0.6) is 0 Å². The van der Waals surface area contributed by atoms with E-state index in [2.05, 4.69) is 6.07 Å². The molecule has 1 aromatic carbocycles. The summed E-state index contributed by atoms with van der Waals surface area (Å²) in [6, 6.07) is 7.99. The molecule has 0 amide bonds. The zero-order chi connectivity index (χ0) is 9.10. The molecule has 2 rings (SSSR count). The second-order valence-corrected chi connectivity index (χ2v) is 3.08. The van der Waals surface area contributed by atoms with Crippen LogP contribution in [0, 0.1) is 0 Å². The minimum atomic E-state index is 0.244. The van der Waals surface area contributed by atoms with Gasteiger partial charge in [-0.15, -0.1) is 0 Å². The number of aliphatic hydroxyl groups is 1. The van der Waals surface area contributed by atoms with Crippen molar-refractivity contribution in [2.75, 3.05) is 6.61 Å². The molecule has 1 N–H and O–H groups in total. The monoisotopic (exact) mass is 176 g/mol. The third-order valence-electron chi connectivity index (χ3n) is 2.19. The van der Waals surface area contributed by atoms with E-state index in [9.17, 15) is 0 Å². The third-order valence-corrected chi connectivity index (χ3v) is 2.19. The minimum Gasteiger partial charge on any atom is -0.464 e. The number of furan rings is 1. The van der Waals surface area contributed by atoms with Gasteiger partial charge in [0.25, 0.3) is 0 Å². The van der Waals surface area contributed by atoms with Crippen molar-refractivity contribution >= 4 is 11.0 Å². The van der Waals surface area contributed by atoms with Crippen molar-refractivity contribution in [2.45, 2.75) is 12.8 Å². The Morgan fingerprint density at radius 1 is 1.23 bits per heavy atom. The first-order valence-electron chi connectivity index (χ1n) is 4.48. The first-order chi connectivity index (χ1) is 6.42. The highest BCUT2D eigenvalue weighted by Gasteiger charge is 2.01. The Bertz CT molecular complexity index is 390. The molecule has 0 aliphatic carbocycles. The van der Waals surface area contributed by atoms with Crippen molar-refractivity contribution in [2.24, 2.45) is 0 Å². The van der Waals surface area contributed by atoms with E-state index in [0.29, 0.717) is 0 Å². The van der Waals surface area contributed by atoms with Crippen molar-refractivity contribution in [3.05, 3.63) is 36.1 Å². The van der Waals surface area contributed by atoms with E-state index in [1.54, 1.807) is 6.26 Å². The fraction of sp³-hybridized carbons (Fsp3) is 0.273. The lowest BCUT2D eigenvalue weighted by molar-refractivity contribution is 0.289. The SMILES string of the molecule is OCCCc1cccc2occc12. The smallest absolute Gasteiger partial charge is 0.134 e. The second kappa shape index (κ2) is 3.62. The fourth-order valence-electron chi connectivity index (χ4n) is 1.54. The van der Waals surface area contributed by atoms with Gasteiger partial charge in [-0.05, 0) is 30.5 Å². The molecule has 0 bridgehead atoms. The van der Waals surface area contributed by atoms with Crippen LogP contribution in [0.3, 0.4) is 0 Å². The van der Waals surface area contributed by atoms with Gasteiger partial charge in [-0.3, -0.25) is 0 Å². The predicted molar refractivity (Wildman–Crippen MR) is 51.6 cm³/mol. The van der Waals surface area contributed by atoms with Crippen LogP contribution in [0.2, 0.25) is 0 Å². The molecule has 0 radical (unpaired) electrons. The van der Waals surface area contributed by atoms with Crippen LogP contribution in [0.1, 0.15) is 12.0 Å².